The van der Waals surface area contributed by atoms with Crippen molar-refractivity contribution < 1.29 is 9.50 Å². The summed E-state index contributed by atoms with van der Waals surface area (Å²) in [5, 5.41) is 11.3. The van der Waals surface area contributed by atoms with Crippen LogP contribution in [-0.2, 0) is 0 Å². The van der Waals surface area contributed by atoms with Gasteiger partial charge < -0.3 is 10.4 Å². The molecule has 0 aliphatic carbocycles. The van der Waals surface area contributed by atoms with Crippen molar-refractivity contribution in [3.8, 4) is 0 Å². The van der Waals surface area contributed by atoms with Crippen molar-refractivity contribution in [2.24, 2.45) is 0 Å². The van der Waals surface area contributed by atoms with Crippen molar-refractivity contribution >= 4 is 5.82 Å². The van der Waals surface area contributed by atoms with E-state index >= 15 is 0 Å². The molecule has 0 unspecified atom stereocenters. The van der Waals surface area contributed by atoms with Gasteiger partial charge in [0.1, 0.15) is 5.82 Å². The minimum atomic E-state index is -0.496. The number of aliphatic hydroxyl groups excluding tert-OH is 1. The zero-order valence-corrected chi connectivity index (χ0v) is 6.63. The first-order valence-corrected chi connectivity index (χ1v) is 3.80. The molecule has 0 radical (unpaired) electrons. The van der Waals surface area contributed by atoms with E-state index in [2.05, 4.69) is 10.3 Å². The van der Waals surface area contributed by atoms with Gasteiger partial charge in [0.15, 0.2) is 0 Å². The van der Waals surface area contributed by atoms with E-state index in [1.54, 1.807) is 12.1 Å². The Labute approximate surface area is 70.3 Å². The van der Waals surface area contributed by atoms with E-state index in [1.807, 2.05) is 0 Å². The van der Waals surface area contributed by atoms with Gasteiger partial charge >= 0.3 is 0 Å². The molecule has 0 aliphatic rings. The Balaban J connectivity index is 2.41. The highest BCUT2D eigenvalue weighted by atomic mass is 19.1. The maximum Gasteiger partial charge on any atom is 0.214 e. The first-order valence-electron chi connectivity index (χ1n) is 3.80. The van der Waals surface area contributed by atoms with Crippen molar-refractivity contribution in [2.45, 2.75) is 6.42 Å². The smallest absolute Gasteiger partial charge is 0.214 e. The van der Waals surface area contributed by atoms with Crippen LogP contribution in [0.25, 0.3) is 0 Å². The highest BCUT2D eigenvalue weighted by Gasteiger charge is 1.93. The molecule has 0 amide bonds. The van der Waals surface area contributed by atoms with Gasteiger partial charge in [0.05, 0.1) is 0 Å². The lowest BCUT2D eigenvalue weighted by molar-refractivity contribution is 0.292. The maximum atomic E-state index is 12.5. The van der Waals surface area contributed by atoms with Crippen molar-refractivity contribution in [3.63, 3.8) is 0 Å². The molecule has 2 N–H and O–H groups in total. The summed E-state index contributed by atoms with van der Waals surface area (Å²) >= 11 is 0. The Morgan fingerprint density at radius 2 is 2.33 bits per heavy atom. The molecule has 1 heterocycles. The molecule has 3 nitrogen and oxygen atoms in total. The van der Waals surface area contributed by atoms with E-state index in [-0.39, 0.29) is 6.61 Å². The predicted octanol–water partition coefficient (Wildman–Crippen LogP) is 1.01. The Morgan fingerprint density at radius 3 is 3.00 bits per heavy atom. The molecular weight excluding hydrogens is 159 g/mol. The zero-order valence-electron chi connectivity index (χ0n) is 6.63. The van der Waals surface area contributed by atoms with Crippen molar-refractivity contribution in [2.75, 3.05) is 18.5 Å². The Morgan fingerprint density at radius 1 is 1.50 bits per heavy atom. The number of nitrogens with zero attached hydrogens (tertiary/aromatic N) is 1. The summed E-state index contributed by atoms with van der Waals surface area (Å²) in [4.78, 5) is 3.59. The molecule has 0 aliphatic heterocycles. The van der Waals surface area contributed by atoms with Crippen LogP contribution in [0, 0.1) is 5.95 Å². The summed E-state index contributed by atoms with van der Waals surface area (Å²) in [5.74, 6) is 0.00690. The Hall–Kier alpha value is -1.16. The average Bonchev–Trinajstić information content (AvgIpc) is 2.05. The highest BCUT2D eigenvalue weighted by Crippen LogP contribution is 2.02. The molecule has 0 fully saturated rings. The number of aliphatic hydroxyl groups is 1. The molecule has 1 aromatic rings. The molecule has 66 valence electrons. The van der Waals surface area contributed by atoms with Gasteiger partial charge in [-0.15, -0.1) is 0 Å². The van der Waals surface area contributed by atoms with Crippen LogP contribution >= 0.6 is 0 Å². The van der Waals surface area contributed by atoms with E-state index in [0.717, 1.165) is 0 Å². The second kappa shape index (κ2) is 4.66. The van der Waals surface area contributed by atoms with Gasteiger partial charge in [0, 0.05) is 13.2 Å². The third-order valence-corrected chi connectivity index (χ3v) is 1.36. The lowest BCUT2D eigenvalue weighted by atomic mass is 10.4. The third-order valence-electron chi connectivity index (χ3n) is 1.36. The van der Waals surface area contributed by atoms with Gasteiger partial charge in [-0.3, -0.25) is 0 Å². The molecule has 0 saturated carbocycles. The molecule has 0 atom stereocenters. The number of hydrogen-bond donors (Lipinski definition) is 2. The molecule has 0 spiro atoms. The van der Waals surface area contributed by atoms with Crippen molar-refractivity contribution in [1.29, 1.82) is 0 Å². The quantitative estimate of drug-likeness (QED) is 0.523. The summed E-state index contributed by atoms with van der Waals surface area (Å²) in [7, 11) is 0. The maximum absolute atomic E-state index is 12.5. The van der Waals surface area contributed by atoms with Crippen molar-refractivity contribution in [3.05, 3.63) is 24.1 Å². The summed E-state index contributed by atoms with van der Waals surface area (Å²) in [5.41, 5.74) is 0. The van der Waals surface area contributed by atoms with Gasteiger partial charge in [0.2, 0.25) is 5.95 Å². The highest BCUT2D eigenvalue weighted by molar-refractivity contribution is 5.33. The second-order valence-corrected chi connectivity index (χ2v) is 2.35. The lowest BCUT2D eigenvalue weighted by Gasteiger charge is -2.02. The van der Waals surface area contributed by atoms with Crippen LogP contribution in [0.1, 0.15) is 6.42 Å². The number of anilines is 1. The fraction of sp³-hybridized carbons (Fsp3) is 0.375. The first-order chi connectivity index (χ1) is 5.83. The lowest BCUT2D eigenvalue weighted by Crippen LogP contribution is -2.05. The van der Waals surface area contributed by atoms with Gasteiger partial charge in [-0.1, -0.05) is 6.07 Å². The van der Waals surface area contributed by atoms with Gasteiger partial charge in [-0.25, -0.2) is 4.98 Å². The fourth-order valence-electron chi connectivity index (χ4n) is 0.802. The molecule has 0 saturated heterocycles. The van der Waals surface area contributed by atoms with Gasteiger partial charge in [-0.2, -0.15) is 4.39 Å². The van der Waals surface area contributed by atoms with Gasteiger partial charge in [0.25, 0.3) is 0 Å². The molecule has 0 aromatic carbocycles. The molecule has 1 rings (SSSR count). The van der Waals surface area contributed by atoms with E-state index in [9.17, 15) is 4.39 Å². The molecule has 1 aromatic heterocycles. The first kappa shape index (κ1) is 8.93. The number of halogens is 1. The number of pyridine rings is 1. The third kappa shape index (κ3) is 2.84. The van der Waals surface area contributed by atoms with Crippen LogP contribution in [0.4, 0.5) is 10.2 Å². The Bertz CT molecular complexity index is 242. The molecular formula is C8H11FN2O. The standard InChI is InChI=1S/C8H11FN2O/c9-7-3-1-4-8(11-7)10-5-2-6-12/h1,3-4,12H,2,5-6H2,(H,10,11). The summed E-state index contributed by atoms with van der Waals surface area (Å²) in [6.45, 7) is 0.731. The summed E-state index contributed by atoms with van der Waals surface area (Å²) in [6.07, 6.45) is 0.637. The largest absolute Gasteiger partial charge is 0.396 e. The fourth-order valence-corrected chi connectivity index (χ4v) is 0.802. The van der Waals surface area contributed by atoms with E-state index in [1.165, 1.54) is 6.07 Å². The van der Waals surface area contributed by atoms with E-state index < -0.39 is 5.95 Å². The van der Waals surface area contributed by atoms with Crippen LogP contribution in [0.5, 0.6) is 0 Å². The molecule has 4 heteroatoms. The Kier molecular flexibility index (Phi) is 3.47. The number of aromatic nitrogens is 1. The molecule has 0 bridgehead atoms. The van der Waals surface area contributed by atoms with Crippen LogP contribution in [-0.4, -0.2) is 23.2 Å². The SMILES string of the molecule is OCCCNc1cccc(F)n1. The molecule has 12 heavy (non-hydrogen) atoms. The van der Waals surface area contributed by atoms with Crippen LogP contribution in [0.2, 0.25) is 0 Å². The average molecular weight is 170 g/mol. The second-order valence-electron chi connectivity index (χ2n) is 2.35. The van der Waals surface area contributed by atoms with Gasteiger partial charge in [-0.05, 0) is 18.6 Å². The monoisotopic (exact) mass is 170 g/mol. The zero-order chi connectivity index (χ0) is 8.81. The minimum Gasteiger partial charge on any atom is -0.396 e. The summed E-state index contributed by atoms with van der Waals surface area (Å²) in [6, 6.07) is 4.56. The van der Waals surface area contributed by atoms with E-state index in [0.29, 0.717) is 18.8 Å². The topological polar surface area (TPSA) is 45.1 Å². The van der Waals surface area contributed by atoms with Crippen molar-refractivity contribution in [1.82, 2.24) is 4.98 Å². The summed E-state index contributed by atoms with van der Waals surface area (Å²) < 4.78 is 12.5. The normalized spacial score (nSPS) is 9.83. The van der Waals surface area contributed by atoms with Crippen LogP contribution in [0.3, 0.4) is 0 Å². The minimum absolute atomic E-state index is 0.127. The number of hydrogen-bond acceptors (Lipinski definition) is 3. The predicted molar refractivity (Wildman–Crippen MR) is 44.4 cm³/mol. The number of rotatable bonds is 4. The number of nitrogens with one attached hydrogen (secondary N) is 1. The van der Waals surface area contributed by atoms with Crippen LogP contribution < -0.4 is 5.32 Å². The van der Waals surface area contributed by atoms with E-state index in [4.69, 9.17) is 5.11 Å². The van der Waals surface area contributed by atoms with Crippen LogP contribution in [0.15, 0.2) is 18.2 Å².